The smallest absolute Gasteiger partial charge is 0.345 e. The third-order valence-corrected chi connectivity index (χ3v) is 5.42. The van der Waals surface area contributed by atoms with Crippen molar-refractivity contribution in [3.8, 4) is 0 Å². The number of carbonyl (C=O) groups excluding carboxylic acids is 2. The Morgan fingerprint density at radius 3 is 1.52 bits per heavy atom. The summed E-state index contributed by atoms with van der Waals surface area (Å²) in [5.74, 6) is -1.08. The Bertz CT molecular complexity index is 429. The number of rotatable bonds is 19. The number of aliphatic hydroxyl groups excluding tert-OH is 1. The first kappa shape index (κ1) is 28.1. The number of hydrogen-bond acceptors (Lipinski definition) is 5. The lowest BCUT2D eigenvalue weighted by Gasteiger charge is -2.21. The molecular weight excluding hydrogens is 368 g/mol. The molecule has 0 fully saturated rings. The zero-order chi connectivity index (χ0) is 22.1. The molecule has 172 valence electrons. The Balaban J connectivity index is 3.42. The standard InChI is InChI=1S/C24H46O5/c1-20(2)18-16-14-12-10-8-6-5-7-9-11-13-15-17-19-29-23(27)24(4,28)22(26)21(3)25/h20-21,25,28H,5-19H2,1-4H3. The van der Waals surface area contributed by atoms with Crippen molar-refractivity contribution in [2.24, 2.45) is 5.92 Å². The summed E-state index contributed by atoms with van der Waals surface area (Å²) >= 11 is 0. The van der Waals surface area contributed by atoms with E-state index in [1.807, 2.05) is 0 Å². The molecule has 0 radical (unpaired) electrons. The van der Waals surface area contributed by atoms with Crippen molar-refractivity contribution in [2.45, 2.75) is 129 Å². The van der Waals surface area contributed by atoms with E-state index in [-0.39, 0.29) is 6.61 Å². The molecule has 0 bridgehead atoms. The maximum absolute atomic E-state index is 11.8. The number of aliphatic hydroxyl groups is 2. The lowest BCUT2D eigenvalue weighted by Crippen LogP contribution is -2.49. The number of Topliss-reactive ketones (excluding diaryl/α,β-unsaturated/α-hetero) is 1. The molecule has 5 heteroatoms. The molecule has 0 aliphatic rings. The van der Waals surface area contributed by atoms with Gasteiger partial charge in [0.2, 0.25) is 11.4 Å². The van der Waals surface area contributed by atoms with Crippen LogP contribution in [0.4, 0.5) is 0 Å². The van der Waals surface area contributed by atoms with Gasteiger partial charge in [-0.1, -0.05) is 97.3 Å². The first-order chi connectivity index (χ1) is 13.7. The van der Waals surface area contributed by atoms with Crippen molar-refractivity contribution < 1.29 is 24.5 Å². The van der Waals surface area contributed by atoms with Crippen LogP contribution in [-0.2, 0) is 14.3 Å². The highest BCUT2D eigenvalue weighted by molar-refractivity contribution is 6.08. The van der Waals surface area contributed by atoms with Crippen LogP contribution in [-0.4, -0.2) is 40.3 Å². The highest BCUT2D eigenvalue weighted by Gasteiger charge is 2.42. The van der Waals surface area contributed by atoms with Crippen molar-refractivity contribution in [3.63, 3.8) is 0 Å². The number of carbonyl (C=O) groups is 2. The number of unbranched alkanes of at least 4 members (excludes halogenated alkanes) is 12. The van der Waals surface area contributed by atoms with E-state index >= 15 is 0 Å². The van der Waals surface area contributed by atoms with Crippen molar-refractivity contribution >= 4 is 11.8 Å². The lowest BCUT2D eigenvalue weighted by molar-refractivity contribution is -0.171. The lowest BCUT2D eigenvalue weighted by atomic mass is 9.97. The second-order valence-corrected chi connectivity index (χ2v) is 9.03. The zero-order valence-electron chi connectivity index (χ0n) is 19.4. The molecule has 0 aliphatic heterocycles. The second-order valence-electron chi connectivity index (χ2n) is 9.03. The van der Waals surface area contributed by atoms with Crippen molar-refractivity contribution in [1.82, 2.24) is 0 Å². The maximum atomic E-state index is 11.8. The van der Waals surface area contributed by atoms with Crippen LogP contribution in [0.5, 0.6) is 0 Å². The normalized spacial score (nSPS) is 14.6. The van der Waals surface area contributed by atoms with Gasteiger partial charge in [-0.15, -0.1) is 0 Å². The van der Waals surface area contributed by atoms with Gasteiger partial charge < -0.3 is 14.9 Å². The molecule has 5 nitrogen and oxygen atoms in total. The monoisotopic (exact) mass is 414 g/mol. The van der Waals surface area contributed by atoms with Crippen LogP contribution in [0, 0.1) is 5.92 Å². The molecule has 0 rings (SSSR count). The van der Waals surface area contributed by atoms with Gasteiger partial charge in [0, 0.05) is 0 Å². The summed E-state index contributed by atoms with van der Waals surface area (Å²) < 4.78 is 4.98. The van der Waals surface area contributed by atoms with Crippen LogP contribution in [0.25, 0.3) is 0 Å². The Morgan fingerprint density at radius 2 is 1.14 bits per heavy atom. The average molecular weight is 415 g/mol. The highest BCUT2D eigenvalue weighted by atomic mass is 16.6. The van der Waals surface area contributed by atoms with Gasteiger partial charge in [0.05, 0.1) is 6.61 Å². The number of hydrogen-bond donors (Lipinski definition) is 2. The third-order valence-electron chi connectivity index (χ3n) is 5.42. The van der Waals surface area contributed by atoms with E-state index in [9.17, 15) is 19.8 Å². The summed E-state index contributed by atoms with van der Waals surface area (Å²) in [6, 6.07) is 0. The minimum absolute atomic E-state index is 0.194. The molecular formula is C24H46O5. The topological polar surface area (TPSA) is 83.8 Å². The molecule has 0 aliphatic carbocycles. The largest absolute Gasteiger partial charge is 0.463 e. The van der Waals surface area contributed by atoms with Crippen LogP contribution < -0.4 is 0 Å². The molecule has 2 unspecified atom stereocenters. The van der Waals surface area contributed by atoms with Gasteiger partial charge in [-0.05, 0) is 26.2 Å². The maximum Gasteiger partial charge on any atom is 0.345 e. The zero-order valence-corrected chi connectivity index (χ0v) is 19.4. The van der Waals surface area contributed by atoms with E-state index in [0.29, 0.717) is 0 Å². The molecule has 0 aromatic rings. The van der Waals surface area contributed by atoms with E-state index in [1.54, 1.807) is 0 Å². The second kappa shape index (κ2) is 16.8. The van der Waals surface area contributed by atoms with Crippen LogP contribution in [0.1, 0.15) is 118 Å². The van der Waals surface area contributed by atoms with Gasteiger partial charge in [-0.2, -0.15) is 0 Å². The molecule has 0 spiro atoms. The molecule has 0 saturated carbocycles. The third kappa shape index (κ3) is 14.6. The molecule has 29 heavy (non-hydrogen) atoms. The fourth-order valence-electron chi connectivity index (χ4n) is 3.41. The van der Waals surface area contributed by atoms with E-state index in [0.717, 1.165) is 32.1 Å². The van der Waals surface area contributed by atoms with E-state index < -0.39 is 23.5 Å². The first-order valence-electron chi connectivity index (χ1n) is 11.8. The number of ketones is 1. The Hall–Kier alpha value is -0.940. The summed E-state index contributed by atoms with van der Waals surface area (Å²) in [5, 5.41) is 19.1. The summed E-state index contributed by atoms with van der Waals surface area (Å²) in [6.45, 7) is 7.07. The van der Waals surface area contributed by atoms with E-state index in [2.05, 4.69) is 13.8 Å². The molecule has 2 atom stereocenters. The average Bonchev–Trinajstić information content (AvgIpc) is 2.66. The molecule has 0 amide bonds. The van der Waals surface area contributed by atoms with Gasteiger partial charge in [-0.25, -0.2) is 4.79 Å². The van der Waals surface area contributed by atoms with E-state index in [4.69, 9.17) is 4.74 Å². The van der Waals surface area contributed by atoms with Gasteiger partial charge in [0.1, 0.15) is 6.10 Å². The van der Waals surface area contributed by atoms with Gasteiger partial charge in [-0.3, -0.25) is 4.79 Å². The predicted molar refractivity (Wildman–Crippen MR) is 118 cm³/mol. The van der Waals surface area contributed by atoms with E-state index in [1.165, 1.54) is 77.6 Å². The highest BCUT2D eigenvalue weighted by Crippen LogP contribution is 2.15. The minimum Gasteiger partial charge on any atom is -0.463 e. The summed E-state index contributed by atoms with van der Waals surface area (Å²) in [6.07, 6.45) is 16.1. The Kier molecular flexibility index (Phi) is 16.3. The molecule has 0 heterocycles. The van der Waals surface area contributed by atoms with Gasteiger partial charge >= 0.3 is 5.97 Å². The van der Waals surface area contributed by atoms with Gasteiger partial charge in [0.25, 0.3) is 0 Å². The van der Waals surface area contributed by atoms with Crippen LogP contribution in [0.3, 0.4) is 0 Å². The quantitative estimate of drug-likeness (QED) is 0.169. The minimum atomic E-state index is -2.28. The summed E-state index contributed by atoms with van der Waals surface area (Å²) in [4.78, 5) is 23.4. The fraction of sp³-hybridized carbons (Fsp3) is 0.917. The summed E-state index contributed by atoms with van der Waals surface area (Å²) in [7, 11) is 0. The summed E-state index contributed by atoms with van der Waals surface area (Å²) in [5.41, 5.74) is -2.28. The van der Waals surface area contributed by atoms with Crippen molar-refractivity contribution in [3.05, 3.63) is 0 Å². The van der Waals surface area contributed by atoms with Crippen LogP contribution in [0.15, 0.2) is 0 Å². The Labute approximate surface area is 178 Å². The van der Waals surface area contributed by atoms with Crippen LogP contribution in [0.2, 0.25) is 0 Å². The molecule has 0 aromatic carbocycles. The van der Waals surface area contributed by atoms with Crippen LogP contribution >= 0.6 is 0 Å². The fourth-order valence-corrected chi connectivity index (χ4v) is 3.41. The molecule has 0 aromatic heterocycles. The Morgan fingerprint density at radius 1 is 0.759 bits per heavy atom. The number of ether oxygens (including phenoxy) is 1. The predicted octanol–water partition coefficient (Wildman–Crippen LogP) is 5.35. The number of esters is 1. The first-order valence-corrected chi connectivity index (χ1v) is 11.8. The molecule has 2 N–H and O–H groups in total. The van der Waals surface area contributed by atoms with Gasteiger partial charge in [0.15, 0.2) is 0 Å². The molecule has 0 saturated heterocycles. The van der Waals surface area contributed by atoms with Crippen molar-refractivity contribution in [1.29, 1.82) is 0 Å². The SMILES string of the molecule is CC(C)CCCCCCCCCCCCCCCOC(=O)C(C)(O)C(=O)C(C)O. The van der Waals surface area contributed by atoms with Crippen molar-refractivity contribution in [2.75, 3.05) is 6.61 Å².